The maximum Gasteiger partial charge on any atom is 0.123 e. The molecule has 0 aliphatic heterocycles. The van der Waals surface area contributed by atoms with Crippen LogP contribution >= 0.6 is 0 Å². The Balaban J connectivity index is 1.55. The zero-order valence-corrected chi connectivity index (χ0v) is 13.3. The standard InChI is InChI=1S/C20H15FN4/c21-16-6-4-5-15(13-16)20-14-25(24-23-20)19-11-9-18(10-12-19)22-17-7-2-1-3-8-17/h1-14,22H. The molecule has 0 radical (unpaired) electrons. The maximum atomic E-state index is 13.3. The molecule has 122 valence electrons. The van der Waals surface area contributed by atoms with Crippen LogP contribution in [0.5, 0.6) is 0 Å². The fourth-order valence-electron chi connectivity index (χ4n) is 2.56. The second kappa shape index (κ2) is 6.57. The Labute approximate surface area is 144 Å². The summed E-state index contributed by atoms with van der Waals surface area (Å²) in [6, 6.07) is 24.2. The SMILES string of the molecule is Fc1cccc(-c2cn(-c3ccc(Nc4ccccc4)cc3)nn2)c1. The molecule has 4 aromatic rings. The largest absolute Gasteiger partial charge is 0.356 e. The molecule has 0 aliphatic rings. The molecule has 4 rings (SSSR count). The van der Waals surface area contributed by atoms with Gasteiger partial charge in [-0.1, -0.05) is 35.5 Å². The van der Waals surface area contributed by atoms with Crippen LogP contribution in [-0.4, -0.2) is 15.0 Å². The first-order chi connectivity index (χ1) is 12.3. The summed E-state index contributed by atoms with van der Waals surface area (Å²) in [5.41, 5.74) is 4.23. The molecule has 1 N–H and O–H groups in total. The molecular weight excluding hydrogens is 315 g/mol. The number of hydrogen-bond acceptors (Lipinski definition) is 3. The monoisotopic (exact) mass is 330 g/mol. The second-order valence-corrected chi connectivity index (χ2v) is 5.60. The lowest BCUT2D eigenvalue weighted by atomic mass is 10.2. The summed E-state index contributed by atoms with van der Waals surface area (Å²) in [4.78, 5) is 0. The molecule has 0 fully saturated rings. The molecular formula is C20H15FN4. The minimum absolute atomic E-state index is 0.289. The van der Waals surface area contributed by atoms with Crippen LogP contribution in [0, 0.1) is 5.82 Å². The van der Waals surface area contributed by atoms with E-state index in [2.05, 4.69) is 15.6 Å². The van der Waals surface area contributed by atoms with E-state index in [4.69, 9.17) is 0 Å². The van der Waals surface area contributed by atoms with Gasteiger partial charge in [-0.05, 0) is 48.5 Å². The van der Waals surface area contributed by atoms with Crippen LogP contribution in [0.4, 0.5) is 15.8 Å². The van der Waals surface area contributed by atoms with Crippen molar-refractivity contribution in [2.75, 3.05) is 5.32 Å². The van der Waals surface area contributed by atoms with Gasteiger partial charge in [-0.2, -0.15) is 0 Å². The fourth-order valence-corrected chi connectivity index (χ4v) is 2.56. The number of rotatable bonds is 4. The predicted octanol–water partition coefficient (Wildman–Crippen LogP) is 4.82. The highest BCUT2D eigenvalue weighted by Gasteiger charge is 2.06. The summed E-state index contributed by atoms with van der Waals surface area (Å²) in [6.45, 7) is 0. The second-order valence-electron chi connectivity index (χ2n) is 5.60. The minimum atomic E-state index is -0.289. The van der Waals surface area contributed by atoms with E-state index in [9.17, 15) is 4.39 Å². The summed E-state index contributed by atoms with van der Waals surface area (Å²) in [5.74, 6) is -0.289. The van der Waals surface area contributed by atoms with Crippen molar-refractivity contribution >= 4 is 11.4 Å². The molecule has 0 bridgehead atoms. The molecule has 1 heterocycles. The van der Waals surface area contributed by atoms with Crippen LogP contribution in [0.25, 0.3) is 16.9 Å². The number of aromatic nitrogens is 3. The zero-order valence-electron chi connectivity index (χ0n) is 13.3. The van der Waals surface area contributed by atoms with Crippen molar-refractivity contribution in [3.63, 3.8) is 0 Å². The quantitative estimate of drug-likeness (QED) is 0.583. The first kappa shape index (κ1) is 15.1. The smallest absolute Gasteiger partial charge is 0.123 e. The van der Waals surface area contributed by atoms with Gasteiger partial charge in [-0.3, -0.25) is 0 Å². The molecule has 5 heteroatoms. The molecule has 3 aromatic carbocycles. The third kappa shape index (κ3) is 3.40. The van der Waals surface area contributed by atoms with Gasteiger partial charge in [0, 0.05) is 16.9 Å². The van der Waals surface area contributed by atoms with Gasteiger partial charge in [-0.25, -0.2) is 9.07 Å². The molecule has 0 saturated heterocycles. The van der Waals surface area contributed by atoms with Crippen LogP contribution in [0.3, 0.4) is 0 Å². The van der Waals surface area contributed by atoms with Gasteiger partial charge >= 0.3 is 0 Å². The number of nitrogens with one attached hydrogen (secondary N) is 1. The number of para-hydroxylation sites is 1. The Hall–Kier alpha value is -3.47. The topological polar surface area (TPSA) is 42.7 Å². The van der Waals surface area contributed by atoms with Crippen molar-refractivity contribution in [2.45, 2.75) is 0 Å². The summed E-state index contributed by atoms with van der Waals surface area (Å²) in [6.07, 6.45) is 1.79. The average molecular weight is 330 g/mol. The molecule has 0 amide bonds. The van der Waals surface area contributed by atoms with Crippen molar-refractivity contribution in [3.8, 4) is 16.9 Å². The lowest BCUT2D eigenvalue weighted by molar-refractivity contribution is 0.628. The lowest BCUT2D eigenvalue weighted by Gasteiger charge is -2.07. The molecule has 0 spiro atoms. The molecule has 0 saturated carbocycles. The van der Waals surface area contributed by atoms with Gasteiger partial charge in [0.05, 0.1) is 11.9 Å². The number of nitrogens with zero attached hydrogens (tertiary/aromatic N) is 3. The van der Waals surface area contributed by atoms with E-state index in [1.165, 1.54) is 12.1 Å². The first-order valence-corrected chi connectivity index (χ1v) is 7.89. The lowest BCUT2D eigenvalue weighted by Crippen LogP contribution is -1.95. The molecule has 0 aliphatic carbocycles. The van der Waals surface area contributed by atoms with Crippen molar-refractivity contribution in [1.82, 2.24) is 15.0 Å². The van der Waals surface area contributed by atoms with E-state index in [0.717, 1.165) is 17.1 Å². The van der Waals surface area contributed by atoms with Crippen LogP contribution < -0.4 is 5.32 Å². The Morgan fingerprint density at radius 3 is 2.32 bits per heavy atom. The highest BCUT2D eigenvalue weighted by Crippen LogP contribution is 2.21. The number of benzene rings is 3. The van der Waals surface area contributed by atoms with Gasteiger partial charge in [-0.15, -0.1) is 5.10 Å². The fraction of sp³-hybridized carbons (Fsp3) is 0. The van der Waals surface area contributed by atoms with Crippen molar-refractivity contribution in [3.05, 3.63) is 90.9 Å². The van der Waals surface area contributed by atoms with Crippen molar-refractivity contribution < 1.29 is 4.39 Å². The Morgan fingerprint density at radius 2 is 1.56 bits per heavy atom. The first-order valence-electron chi connectivity index (χ1n) is 7.89. The van der Waals surface area contributed by atoms with E-state index in [-0.39, 0.29) is 5.82 Å². The van der Waals surface area contributed by atoms with Crippen LogP contribution in [0.1, 0.15) is 0 Å². The van der Waals surface area contributed by atoms with Crippen molar-refractivity contribution in [1.29, 1.82) is 0 Å². The predicted molar refractivity (Wildman–Crippen MR) is 96.5 cm³/mol. The van der Waals surface area contributed by atoms with E-state index in [1.54, 1.807) is 16.9 Å². The summed E-state index contributed by atoms with van der Waals surface area (Å²) in [5, 5.41) is 11.6. The highest BCUT2D eigenvalue weighted by molar-refractivity contribution is 5.61. The molecule has 0 unspecified atom stereocenters. The van der Waals surface area contributed by atoms with E-state index in [1.807, 2.05) is 60.7 Å². The van der Waals surface area contributed by atoms with Gasteiger partial charge in [0.25, 0.3) is 0 Å². The third-order valence-corrected chi connectivity index (χ3v) is 3.81. The average Bonchev–Trinajstić information content (AvgIpc) is 3.13. The Morgan fingerprint density at radius 1 is 0.800 bits per heavy atom. The van der Waals surface area contributed by atoms with Gasteiger partial charge in [0.1, 0.15) is 11.5 Å². The molecule has 4 nitrogen and oxygen atoms in total. The molecule has 1 aromatic heterocycles. The summed E-state index contributed by atoms with van der Waals surface area (Å²) < 4.78 is 15.0. The number of hydrogen-bond donors (Lipinski definition) is 1. The summed E-state index contributed by atoms with van der Waals surface area (Å²) in [7, 11) is 0. The molecule has 0 atom stereocenters. The van der Waals surface area contributed by atoms with E-state index >= 15 is 0 Å². The summed E-state index contributed by atoms with van der Waals surface area (Å²) >= 11 is 0. The number of halogens is 1. The van der Waals surface area contributed by atoms with E-state index < -0.39 is 0 Å². The number of anilines is 2. The highest BCUT2D eigenvalue weighted by atomic mass is 19.1. The van der Waals surface area contributed by atoms with Gasteiger partial charge < -0.3 is 5.32 Å². The third-order valence-electron chi connectivity index (χ3n) is 3.81. The normalized spacial score (nSPS) is 10.6. The Bertz CT molecular complexity index is 978. The maximum absolute atomic E-state index is 13.3. The minimum Gasteiger partial charge on any atom is -0.356 e. The van der Waals surface area contributed by atoms with Gasteiger partial charge in [0.2, 0.25) is 0 Å². The molecule has 25 heavy (non-hydrogen) atoms. The van der Waals surface area contributed by atoms with Gasteiger partial charge in [0.15, 0.2) is 0 Å². The van der Waals surface area contributed by atoms with Crippen molar-refractivity contribution in [2.24, 2.45) is 0 Å². The van der Waals surface area contributed by atoms with Crippen LogP contribution in [-0.2, 0) is 0 Å². The zero-order chi connectivity index (χ0) is 17.1. The van der Waals surface area contributed by atoms with E-state index in [0.29, 0.717) is 11.3 Å². The Kier molecular flexibility index (Phi) is 3.96. The van der Waals surface area contributed by atoms with Crippen LogP contribution in [0.15, 0.2) is 85.1 Å². The van der Waals surface area contributed by atoms with Crippen LogP contribution in [0.2, 0.25) is 0 Å².